The van der Waals surface area contributed by atoms with Crippen molar-refractivity contribution in [2.75, 3.05) is 7.11 Å². The molecule has 0 unspecified atom stereocenters. The van der Waals surface area contributed by atoms with Gasteiger partial charge in [0.15, 0.2) is 0 Å². The van der Waals surface area contributed by atoms with Gasteiger partial charge in [-0.3, -0.25) is 4.79 Å². The monoisotopic (exact) mass is 236 g/mol. The topological polar surface area (TPSA) is 26.3 Å². The fourth-order valence-electron chi connectivity index (χ4n) is 1.16. The number of carbonyl (C=O) groups is 1. The van der Waals surface area contributed by atoms with Crippen LogP contribution >= 0.6 is 0 Å². The summed E-state index contributed by atoms with van der Waals surface area (Å²) in [4.78, 5) is 10.9. The molecule has 6 heteroatoms. The third-order valence-electron chi connectivity index (χ3n) is 2.04. The van der Waals surface area contributed by atoms with Crippen LogP contribution in [0, 0.1) is 12.7 Å². The lowest BCUT2D eigenvalue weighted by Gasteiger charge is -2.09. The van der Waals surface area contributed by atoms with E-state index in [1.165, 1.54) is 14.0 Å². The summed E-state index contributed by atoms with van der Waals surface area (Å²) in [5, 5.41) is 0. The van der Waals surface area contributed by atoms with Gasteiger partial charge in [-0.15, -0.1) is 0 Å². The summed E-state index contributed by atoms with van der Waals surface area (Å²) < 4.78 is 54.1. The molecule has 0 aliphatic rings. The number of methoxy groups -OCH3 is 1. The lowest BCUT2D eigenvalue weighted by molar-refractivity contribution is -0.0885. The van der Waals surface area contributed by atoms with Crippen molar-refractivity contribution in [3.05, 3.63) is 29.1 Å². The molecule has 0 atom stereocenters. The van der Waals surface area contributed by atoms with Gasteiger partial charge in [-0.2, -0.15) is 13.2 Å². The summed E-state index contributed by atoms with van der Waals surface area (Å²) in [5.41, 5.74) is -0.714. The quantitative estimate of drug-likeness (QED) is 0.583. The van der Waals surface area contributed by atoms with Gasteiger partial charge in [0.25, 0.3) is 5.78 Å². The average Bonchev–Trinajstić information content (AvgIpc) is 2.19. The Morgan fingerprint density at radius 3 is 2.31 bits per heavy atom. The maximum Gasteiger partial charge on any atom is 0.454 e. The van der Waals surface area contributed by atoms with E-state index in [-0.39, 0.29) is 11.3 Å². The molecule has 0 saturated carbocycles. The summed E-state index contributed by atoms with van der Waals surface area (Å²) in [6, 6.07) is 1.42. The summed E-state index contributed by atoms with van der Waals surface area (Å²) >= 11 is 0. The Morgan fingerprint density at radius 2 is 1.88 bits per heavy atom. The molecule has 0 saturated heterocycles. The van der Waals surface area contributed by atoms with Crippen molar-refractivity contribution in [1.29, 1.82) is 0 Å². The number of benzene rings is 1. The fraction of sp³-hybridized carbons (Fsp3) is 0.300. The van der Waals surface area contributed by atoms with Crippen molar-refractivity contribution in [2.45, 2.75) is 13.1 Å². The number of Topliss-reactive ketones (excluding diaryl/α,β-unsaturated/α-hetero) is 1. The number of ketones is 1. The molecule has 2 nitrogen and oxygen atoms in total. The molecule has 1 rings (SSSR count). The van der Waals surface area contributed by atoms with Crippen LogP contribution in [0.2, 0.25) is 0 Å². The van der Waals surface area contributed by atoms with Gasteiger partial charge in [-0.05, 0) is 19.1 Å². The number of halogens is 4. The standard InChI is InChI=1S/C10H8F4O2/c1-5-7(11)3-6(4-8(5)16-2)9(15)10(12,13)14/h3-4H,1-2H3. The molecule has 16 heavy (non-hydrogen) atoms. The second kappa shape index (κ2) is 4.11. The highest BCUT2D eigenvalue weighted by molar-refractivity contribution is 6.00. The van der Waals surface area contributed by atoms with Crippen LogP contribution in [-0.2, 0) is 0 Å². The van der Waals surface area contributed by atoms with Crippen LogP contribution in [0.25, 0.3) is 0 Å². The first-order chi connectivity index (χ1) is 7.27. The van der Waals surface area contributed by atoms with Gasteiger partial charge < -0.3 is 4.74 Å². The molecule has 0 aromatic heterocycles. The molecule has 0 bridgehead atoms. The molecule has 0 amide bonds. The van der Waals surface area contributed by atoms with Crippen molar-refractivity contribution in [1.82, 2.24) is 0 Å². The number of alkyl halides is 3. The van der Waals surface area contributed by atoms with Crippen molar-refractivity contribution in [2.24, 2.45) is 0 Å². The molecule has 0 heterocycles. The Bertz CT molecular complexity index is 424. The van der Waals surface area contributed by atoms with Crippen LogP contribution in [-0.4, -0.2) is 19.1 Å². The normalized spacial score (nSPS) is 11.4. The van der Waals surface area contributed by atoms with Crippen LogP contribution < -0.4 is 4.74 Å². The third-order valence-corrected chi connectivity index (χ3v) is 2.04. The molecule has 0 fully saturated rings. The minimum atomic E-state index is -5.02. The van der Waals surface area contributed by atoms with Crippen LogP contribution in [0.15, 0.2) is 12.1 Å². The molecule has 1 aromatic carbocycles. The molecular formula is C10H8F4O2. The smallest absolute Gasteiger partial charge is 0.454 e. The molecule has 1 aromatic rings. The molecule has 88 valence electrons. The van der Waals surface area contributed by atoms with Gasteiger partial charge in [0.1, 0.15) is 11.6 Å². The summed E-state index contributed by atoms with van der Waals surface area (Å²) in [6.45, 7) is 1.34. The van der Waals surface area contributed by atoms with Crippen LogP contribution in [0.1, 0.15) is 15.9 Å². The number of hydrogen-bond donors (Lipinski definition) is 0. The zero-order valence-corrected chi connectivity index (χ0v) is 8.48. The lowest BCUT2D eigenvalue weighted by Crippen LogP contribution is -2.23. The van der Waals surface area contributed by atoms with E-state index >= 15 is 0 Å². The molecule has 0 aliphatic heterocycles. The SMILES string of the molecule is COc1cc(C(=O)C(F)(F)F)cc(F)c1C. The molecular weight excluding hydrogens is 228 g/mol. The van der Waals surface area contributed by atoms with Crippen molar-refractivity contribution in [3.63, 3.8) is 0 Å². The van der Waals surface area contributed by atoms with Gasteiger partial charge in [0.05, 0.1) is 7.11 Å². The predicted octanol–water partition coefficient (Wildman–Crippen LogP) is 2.89. The minimum absolute atomic E-state index is 0.0567. The van der Waals surface area contributed by atoms with Gasteiger partial charge in [-0.1, -0.05) is 0 Å². The van der Waals surface area contributed by atoms with Crippen LogP contribution in [0.4, 0.5) is 17.6 Å². The van der Waals surface area contributed by atoms with E-state index in [4.69, 9.17) is 0 Å². The molecule has 0 radical (unpaired) electrons. The van der Waals surface area contributed by atoms with Crippen molar-refractivity contribution >= 4 is 5.78 Å². The predicted molar refractivity (Wildman–Crippen MR) is 48.1 cm³/mol. The first kappa shape index (κ1) is 12.5. The zero-order chi connectivity index (χ0) is 12.5. The van der Waals surface area contributed by atoms with Gasteiger partial charge in [-0.25, -0.2) is 4.39 Å². The van der Waals surface area contributed by atoms with E-state index in [0.29, 0.717) is 6.07 Å². The second-order valence-electron chi connectivity index (χ2n) is 3.11. The van der Waals surface area contributed by atoms with E-state index in [9.17, 15) is 22.4 Å². The molecule has 0 N–H and O–H groups in total. The van der Waals surface area contributed by atoms with Crippen molar-refractivity contribution < 1.29 is 27.1 Å². The summed E-state index contributed by atoms with van der Waals surface area (Å²) in [5.74, 6) is -3.09. The first-order valence-electron chi connectivity index (χ1n) is 4.23. The van der Waals surface area contributed by atoms with E-state index in [1.807, 2.05) is 0 Å². The number of hydrogen-bond acceptors (Lipinski definition) is 2. The Balaban J connectivity index is 3.27. The number of carbonyl (C=O) groups excluding carboxylic acids is 1. The van der Waals surface area contributed by atoms with Gasteiger partial charge >= 0.3 is 6.18 Å². The Hall–Kier alpha value is -1.59. The largest absolute Gasteiger partial charge is 0.496 e. The zero-order valence-electron chi connectivity index (χ0n) is 8.48. The maximum atomic E-state index is 13.2. The van der Waals surface area contributed by atoms with E-state index < -0.39 is 23.3 Å². The Labute approximate surface area is 88.8 Å². The second-order valence-corrected chi connectivity index (χ2v) is 3.11. The van der Waals surface area contributed by atoms with Gasteiger partial charge in [0, 0.05) is 11.1 Å². The minimum Gasteiger partial charge on any atom is -0.496 e. The van der Waals surface area contributed by atoms with E-state index in [0.717, 1.165) is 6.07 Å². The number of rotatable bonds is 2. The van der Waals surface area contributed by atoms with Crippen LogP contribution in [0.5, 0.6) is 5.75 Å². The average molecular weight is 236 g/mol. The molecule has 0 spiro atoms. The summed E-state index contributed by atoms with van der Waals surface area (Å²) in [7, 11) is 1.18. The summed E-state index contributed by atoms with van der Waals surface area (Å²) in [6.07, 6.45) is -5.02. The highest BCUT2D eigenvalue weighted by atomic mass is 19.4. The Kier molecular flexibility index (Phi) is 3.21. The maximum absolute atomic E-state index is 13.2. The Morgan fingerprint density at radius 1 is 1.31 bits per heavy atom. The fourth-order valence-corrected chi connectivity index (χ4v) is 1.16. The third kappa shape index (κ3) is 2.32. The first-order valence-corrected chi connectivity index (χ1v) is 4.23. The van der Waals surface area contributed by atoms with E-state index in [2.05, 4.69) is 4.74 Å². The van der Waals surface area contributed by atoms with Crippen LogP contribution in [0.3, 0.4) is 0 Å². The highest BCUT2D eigenvalue weighted by Crippen LogP contribution is 2.27. The van der Waals surface area contributed by atoms with Gasteiger partial charge in [0.2, 0.25) is 0 Å². The highest BCUT2D eigenvalue weighted by Gasteiger charge is 2.39. The van der Waals surface area contributed by atoms with E-state index in [1.54, 1.807) is 0 Å². The lowest BCUT2D eigenvalue weighted by atomic mass is 10.1. The van der Waals surface area contributed by atoms with Crippen molar-refractivity contribution in [3.8, 4) is 5.75 Å². The molecule has 0 aliphatic carbocycles. The number of ether oxygens (including phenoxy) is 1.